The maximum Gasteiger partial charge on any atom is 0.320 e. The first kappa shape index (κ1) is 16.9. The van der Waals surface area contributed by atoms with Gasteiger partial charge in [0.2, 0.25) is 0 Å². The largest absolute Gasteiger partial charge is 0.322 e. The van der Waals surface area contributed by atoms with Gasteiger partial charge in [-0.2, -0.15) is 0 Å². The van der Waals surface area contributed by atoms with Crippen LogP contribution in [0.4, 0.5) is 4.79 Å². The number of nitrogens with zero attached hydrogens (tertiary/aromatic N) is 3. The molecule has 136 valence electrons. The van der Waals surface area contributed by atoms with E-state index in [-0.39, 0.29) is 0 Å². The van der Waals surface area contributed by atoms with E-state index in [1.165, 1.54) is 37.7 Å². The molecule has 0 aromatic heterocycles. The number of hydrogen-bond acceptors (Lipinski definition) is 2. The summed E-state index contributed by atoms with van der Waals surface area (Å²) in [4.78, 5) is 19.9. The van der Waals surface area contributed by atoms with Crippen molar-refractivity contribution in [3.63, 3.8) is 0 Å². The smallest absolute Gasteiger partial charge is 0.320 e. The molecule has 1 aromatic rings. The molecule has 3 aliphatic rings. The Hall–Kier alpha value is -1.55. The molecule has 2 amide bonds. The van der Waals surface area contributed by atoms with Crippen molar-refractivity contribution in [2.24, 2.45) is 5.92 Å². The fraction of sp³-hybridized carbons (Fsp3) is 0.667. The Morgan fingerprint density at radius 2 is 1.96 bits per heavy atom. The quantitative estimate of drug-likeness (QED) is 0.837. The average molecular weight is 341 g/mol. The molecule has 25 heavy (non-hydrogen) atoms. The van der Waals surface area contributed by atoms with E-state index >= 15 is 0 Å². The van der Waals surface area contributed by atoms with Gasteiger partial charge in [0.25, 0.3) is 0 Å². The van der Waals surface area contributed by atoms with Crippen molar-refractivity contribution in [2.75, 3.05) is 26.2 Å². The van der Waals surface area contributed by atoms with E-state index in [2.05, 4.69) is 52.0 Å². The van der Waals surface area contributed by atoms with Crippen molar-refractivity contribution < 1.29 is 4.79 Å². The third-order valence-electron chi connectivity index (χ3n) is 6.38. The molecule has 3 unspecified atom stereocenters. The third-order valence-corrected chi connectivity index (χ3v) is 6.38. The van der Waals surface area contributed by atoms with Crippen LogP contribution in [0.2, 0.25) is 0 Å². The summed E-state index contributed by atoms with van der Waals surface area (Å²) in [7, 11) is 0. The van der Waals surface area contributed by atoms with Crippen LogP contribution in [0.5, 0.6) is 0 Å². The Balaban J connectivity index is 1.39. The second kappa shape index (κ2) is 7.36. The van der Waals surface area contributed by atoms with Gasteiger partial charge in [-0.3, -0.25) is 4.90 Å². The molecule has 4 nitrogen and oxygen atoms in total. The van der Waals surface area contributed by atoms with Gasteiger partial charge in [0.05, 0.1) is 0 Å². The topological polar surface area (TPSA) is 26.8 Å². The fourth-order valence-corrected chi connectivity index (χ4v) is 5.04. The summed E-state index contributed by atoms with van der Waals surface area (Å²) in [6, 6.07) is 12.1. The molecule has 4 rings (SSSR count). The highest BCUT2D eigenvalue weighted by atomic mass is 16.2. The highest BCUT2D eigenvalue weighted by Crippen LogP contribution is 2.38. The van der Waals surface area contributed by atoms with Crippen molar-refractivity contribution >= 4 is 6.03 Å². The van der Waals surface area contributed by atoms with E-state index in [1.807, 2.05) is 0 Å². The Morgan fingerprint density at radius 3 is 2.64 bits per heavy atom. The number of carbonyl (C=O) groups is 1. The predicted octanol–water partition coefficient (Wildman–Crippen LogP) is 3.58. The Morgan fingerprint density at radius 1 is 1.12 bits per heavy atom. The lowest BCUT2D eigenvalue weighted by molar-refractivity contribution is 0.0613. The van der Waals surface area contributed by atoms with Crippen LogP contribution in [0.3, 0.4) is 0 Å². The van der Waals surface area contributed by atoms with Crippen molar-refractivity contribution in [1.82, 2.24) is 14.7 Å². The molecule has 2 saturated heterocycles. The number of carbonyl (C=O) groups excluding carboxylic acids is 1. The molecule has 1 saturated carbocycles. The Bertz CT molecular complexity index is 590. The standard InChI is InChI=1S/C21H31N3O/c1-2-6-20-16-23(21(25)24-15-18-9-10-19(24)13-18)12-11-22(20)14-17-7-4-3-5-8-17/h3-5,7-8,18-20H,2,6,9-16H2,1H3. The summed E-state index contributed by atoms with van der Waals surface area (Å²) in [5.41, 5.74) is 1.38. The summed E-state index contributed by atoms with van der Waals surface area (Å²) >= 11 is 0. The van der Waals surface area contributed by atoms with Crippen LogP contribution in [0.15, 0.2) is 30.3 Å². The van der Waals surface area contributed by atoms with Crippen LogP contribution in [0.25, 0.3) is 0 Å². The molecule has 3 atom stereocenters. The highest BCUT2D eigenvalue weighted by Gasteiger charge is 2.42. The lowest BCUT2D eigenvalue weighted by Crippen LogP contribution is -2.57. The molecule has 0 radical (unpaired) electrons. The predicted molar refractivity (Wildman–Crippen MR) is 100 cm³/mol. The molecule has 1 aromatic carbocycles. The number of benzene rings is 1. The van der Waals surface area contributed by atoms with Gasteiger partial charge in [0.15, 0.2) is 0 Å². The van der Waals surface area contributed by atoms with Gasteiger partial charge >= 0.3 is 6.03 Å². The number of piperazine rings is 1. The first-order valence-corrected chi connectivity index (χ1v) is 10.1. The van der Waals surface area contributed by atoms with Crippen molar-refractivity contribution in [3.05, 3.63) is 35.9 Å². The molecule has 4 heteroatoms. The highest BCUT2D eigenvalue weighted by molar-refractivity contribution is 5.75. The number of amides is 2. The van der Waals surface area contributed by atoms with E-state index in [9.17, 15) is 4.79 Å². The molecule has 1 aliphatic carbocycles. The minimum absolute atomic E-state index is 0.313. The van der Waals surface area contributed by atoms with E-state index < -0.39 is 0 Å². The number of rotatable bonds is 4. The molecule has 0 spiro atoms. The van der Waals surface area contributed by atoms with Gasteiger partial charge in [0, 0.05) is 44.8 Å². The van der Waals surface area contributed by atoms with Crippen LogP contribution >= 0.6 is 0 Å². The number of likely N-dealkylation sites (tertiary alicyclic amines) is 1. The normalized spacial score (nSPS) is 29.4. The Labute approximate surface area is 151 Å². The van der Waals surface area contributed by atoms with Gasteiger partial charge in [-0.1, -0.05) is 43.7 Å². The summed E-state index contributed by atoms with van der Waals surface area (Å²) in [6.07, 6.45) is 6.15. The van der Waals surface area contributed by atoms with Crippen LogP contribution in [0.1, 0.15) is 44.6 Å². The maximum absolute atomic E-state index is 13.0. The first-order valence-electron chi connectivity index (χ1n) is 10.1. The summed E-state index contributed by atoms with van der Waals surface area (Å²) in [5.74, 6) is 0.778. The zero-order valence-electron chi connectivity index (χ0n) is 15.4. The van der Waals surface area contributed by atoms with Gasteiger partial charge < -0.3 is 9.80 Å². The molecular formula is C21H31N3O. The minimum Gasteiger partial charge on any atom is -0.322 e. The van der Waals surface area contributed by atoms with Gasteiger partial charge in [0.1, 0.15) is 0 Å². The molecule has 2 heterocycles. The molecule has 2 bridgehead atoms. The lowest BCUT2D eigenvalue weighted by Gasteiger charge is -2.43. The molecular weight excluding hydrogens is 310 g/mol. The minimum atomic E-state index is 0.313. The summed E-state index contributed by atoms with van der Waals surface area (Å²) in [5, 5.41) is 0. The number of piperidine rings is 1. The second-order valence-electron chi connectivity index (χ2n) is 8.11. The maximum atomic E-state index is 13.0. The van der Waals surface area contributed by atoms with Crippen molar-refractivity contribution in [1.29, 1.82) is 0 Å². The van der Waals surface area contributed by atoms with Crippen molar-refractivity contribution in [3.8, 4) is 0 Å². The SMILES string of the molecule is CCCC1CN(C(=O)N2CC3CCC2C3)CCN1Cc1ccccc1. The summed E-state index contributed by atoms with van der Waals surface area (Å²) < 4.78 is 0. The van der Waals surface area contributed by atoms with E-state index in [4.69, 9.17) is 0 Å². The van der Waals surface area contributed by atoms with Crippen LogP contribution < -0.4 is 0 Å². The van der Waals surface area contributed by atoms with Crippen LogP contribution in [-0.2, 0) is 6.54 Å². The number of hydrogen-bond donors (Lipinski definition) is 0. The van der Waals surface area contributed by atoms with E-state index in [1.54, 1.807) is 0 Å². The Kier molecular flexibility index (Phi) is 4.98. The molecule has 0 N–H and O–H groups in total. The van der Waals surface area contributed by atoms with E-state index in [0.717, 1.165) is 38.6 Å². The zero-order chi connectivity index (χ0) is 17.2. The molecule has 2 aliphatic heterocycles. The number of urea groups is 1. The van der Waals surface area contributed by atoms with Gasteiger partial charge in [-0.05, 0) is 37.2 Å². The van der Waals surface area contributed by atoms with Crippen LogP contribution in [-0.4, -0.2) is 59.0 Å². The summed E-state index contributed by atoms with van der Waals surface area (Å²) in [6.45, 7) is 7.02. The fourth-order valence-electron chi connectivity index (χ4n) is 5.04. The third kappa shape index (κ3) is 3.55. The van der Waals surface area contributed by atoms with Crippen molar-refractivity contribution in [2.45, 2.75) is 57.7 Å². The lowest BCUT2D eigenvalue weighted by atomic mass is 10.0. The van der Waals surface area contributed by atoms with E-state index in [0.29, 0.717) is 18.1 Å². The zero-order valence-corrected chi connectivity index (χ0v) is 15.4. The monoisotopic (exact) mass is 341 g/mol. The van der Waals surface area contributed by atoms with Crippen LogP contribution in [0, 0.1) is 5.92 Å². The average Bonchev–Trinajstić information content (AvgIpc) is 3.27. The molecule has 3 fully saturated rings. The number of fused-ring (bicyclic) bond motifs is 2. The first-order chi connectivity index (χ1) is 12.2. The van der Waals surface area contributed by atoms with Gasteiger partial charge in [-0.25, -0.2) is 4.79 Å². The van der Waals surface area contributed by atoms with Gasteiger partial charge in [-0.15, -0.1) is 0 Å². The second-order valence-corrected chi connectivity index (χ2v) is 8.11.